The van der Waals surface area contributed by atoms with E-state index in [0.29, 0.717) is 17.5 Å². The highest BCUT2D eigenvalue weighted by molar-refractivity contribution is 5.90. The smallest absolute Gasteiger partial charge is 0.338 e. The van der Waals surface area contributed by atoms with Crippen LogP contribution in [0.3, 0.4) is 0 Å². The van der Waals surface area contributed by atoms with Crippen LogP contribution in [0, 0.1) is 0 Å². The number of carbonyl (C=O) groups excluding carboxylic acids is 2. The lowest BCUT2D eigenvalue weighted by molar-refractivity contribution is -0.0882. The van der Waals surface area contributed by atoms with Crippen LogP contribution in [0.1, 0.15) is 27.1 Å². The molecule has 3 rings (SSSR count). The third-order valence-corrected chi connectivity index (χ3v) is 4.27. The van der Waals surface area contributed by atoms with E-state index in [2.05, 4.69) is 6.58 Å². The molecule has 0 aromatic heterocycles. The molecule has 0 saturated heterocycles. The van der Waals surface area contributed by atoms with Gasteiger partial charge in [-0.25, -0.2) is 9.59 Å². The molecule has 144 valence electrons. The molecular weight excluding hydrogens is 356 g/mol. The quantitative estimate of drug-likeness (QED) is 0.539. The van der Waals surface area contributed by atoms with E-state index in [-0.39, 0.29) is 12.7 Å². The number of hydrogen-bond acceptors (Lipinski definition) is 5. The fourth-order valence-corrected chi connectivity index (χ4v) is 2.83. The molecule has 0 radical (unpaired) electrons. The molecule has 5 heteroatoms. The van der Waals surface area contributed by atoms with E-state index >= 15 is 0 Å². The summed E-state index contributed by atoms with van der Waals surface area (Å²) in [6.07, 6.45) is 4.51. The van der Waals surface area contributed by atoms with Crippen LogP contribution in [0.25, 0.3) is 0 Å². The minimum atomic E-state index is -0.655. The number of ether oxygens (including phenoxy) is 3. The Morgan fingerprint density at radius 3 is 2.14 bits per heavy atom. The van der Waals surface area contributed by atoms with Crippen LogP contribution < -0.4 is 0 Å². The fraction of sp³-hybridized carbons (Fsp3) is 0.217. The number of benzene rings is 2. The lowest BCUT2D eigenvalue weighted by Crippen LogP contribution is -2.41. The maximum absolute atomic E-state index is 12.4. The minimum Gasteiger partial charge on any atom is -0.459 e. The first-order chi connectivity index (χ1) is 13.7. The van der Waals surface area contributed by atoms with Crippen molar-refractivity contribution < 1.29 is 23.8 Å². The lowest BCUT2D eigenvalue weighted by atomic mass is 10.1. The summed E-state index contributed by atoms with van der Waals surface area (Å²) >= 11 is 0. The third kappa shape index (κ3) is 5.18. The van der Waals surface area contributed by atoms with Gasteiger partial charge in [-0.15, -0.1) is 6.58 Å². The van der Waals surface area contributed by atoms with Gasteiger partial charge in [-0.3, -0.25) is 0 Å². The normalized spacial score (nSPS) is 20.9. The molecule has 0 aliphatic carbocycles. The zero-order valence-corrected chi connectivity index (χ0v) is 15.4. The Hall–Kier alpha value is -3.18. The summed E-state index contributed by atoms with van der Waals surface area (Å²) in [4.78, 5) is 24.6. The third-order valence-electron chi connectivity index (χ3n) is 4.27. The summed E-state index contributed by atoms with van der Waals surface area (Å²) in [6, 6.07) is 17.4. The highest BCUT2D eigenvalue weighted by atomic mass is 16.6. The van der Waals surface area contributed by atoms with Crippen molar-refractivity contribution in [2.24, 2.45) is 0 Å². The second-order valence-electron chi connectivity index (χ2n) is 6.32. The van der Waals surface area contributed by atoms with Gasteiger partial charge >= 0.3 is 11.9 Å². The molecule has 0 N–H and O–H groups in total. The summed E-state index contributed by atoms with van der Waals surface area (Å²) in [5.74, 6) is -0.910. The zero-order chi connectivity index (χ0) is 19.8. The molecule has 1 heterocycles. The molecular formula is C23H22O5. The Balaban J connectivity index is 1.67. The standard InChI is InChI=1S/C23H22O5/c1-2-9-19-14-15-20(28-23(25)18-12-7-4-8-13-18)21(27-19)16-26-22(24)17-10-5-3-6-11-17/h2-8,10-15,19-21H,1,9,16H2/t19?,20-,21+/m0/s1. The van der Waals surface area contributed by atoms with E-state index in [1.54, 1.807) is 60.7 Å². The summed E-state index contributed by atoms with van der Waals surface area (Å²) in [5, 5.41) is 0. The van der Waals surface area contributed by atoms with E-state index < -0.39 is 24.1 Å². The highest BCUT2D eigenvalue weighted by Gasteiger charge is 2.31. The molecule has 1 aliphatic rings. The van der Waals surface area contributed by atoms with Crippen LogP contribution in [-0.2, 0) is 14.2 Å². The predicted octanol–water partition coefficient (Wildman–Crippen LogP) is 3.97. The van der Waals surface area contributed by atoms with Crippen molar-refractivity contribution in [1.82, 2.24) is 0 Å². The number of hydrogen-bond donors (Lipinski definition) is 0. The van der Waals surface area contributed by atoms with Gasteiger partial charge in [0.25, 0.3) is 0 Å². The topological polar surface area (TPSA) is 61.8 Å². The largest absolute Gasteiger partial charge is 0.459 e. The molecule has 2 aromatic carbocycles. The van der Waals surface area contributed by atoms with E-state index in [4.69, 9.17) is 14.2 Å². The number of carbonyl (C=O) groups is 2. The van der Waals surface area contributed by atoms with Crippen molar-refractivity contribution in [1.29, 1.82) is 0 Å². The Kier molecular flexibility index (Phi) is 6.76. The fourth-order valence-electron chi connectivity index (χ4n) is 2.83. The molecule has 3 atom stereocenters. The highest BCUT2D eigenvalue weighted by Crippen LogP contribution is 2.20. The maximum atomic E-state index is 12.4. The average Bonchev–Trinajstić information content (AvgIpc) is 2.75. The molecule has 28 heavy (non-hydrogen) atoms. The summed E-state index contributed by atoms with van der Waals surface area (Å²) in [5.41, 5.74) is 0.901. The average molecular weight is 378 g/mol. The minimum absolute atomic E-state index is 0.0293. The molecule has 0 fully saturated rings. The van der Waals surface area contributed by atoms with Gasteiger partial charge in [0.15, 0.2) is 0 Å². The Morgan fingerprint density at radius 1 is 0.929 bits per heavy atom. The van der Waals surface area contributed by atoms with E-state index in [1.807, 2.05) is 18.2 Å². The Morgan fingerprint density at radius 2 is 1.54 bits per heavy atom. The Bertz CT molecular complexity index is 829. The van der Waals surface area contributed by atoms with Gasteiger partial charge in [0, 0.05) is 0 Å². The summed E-state index contributed by atoms with van der Waals surface area (Å²) < 4.78 is 16.9. The molecule has 0 saturated carbocycles. The van der Waals surface area contributed by atoms with Crippen LogP contribution in [0.15, 0.2) is 85.5 Å². The van der Waals surface area contributed by atoms with Gasteiger partial charge in [-0.05, 0) is 36.8 Å². The van der Waals surface area contributed by atoms with E-state index in [9.17, 15) is 9.59 Å². The van der Waals surface area contributed by atoms with Crippen LogP contribution in [0.2, 0.25) is 0 Å². The molecule has 0 bridgehead atoms. The molecule has 1 unspecified atom stereocenters. The monoisotopic (exact) mass is 378 g/mol. The molecule has 1 aliphatic heterocycles. The molecule has 0 amide bonds. The van der Waals surface area contributed by atoms with Crippen molar-refractivity contribution in [3.63, 3.8) is 0 Å². The van der Waals surface area contributed by atoms with Gasteiger partial charge < -0.3 is 14.2 Å². The van der Waals surface area contributed by atoms with Crippen molar-refractivity contribution in [3.8, 4) is 0 Å². The maximum Gasteiger partial charge on any atom is 0.338 e. The van der Waals surface area contributed by atoms with Gasteiger partial charge in [0.05, 0.1) is 17.2 Å². The second kappa shape index (κ2) is 9.67. The van der Waals surface area contributed by atoms with E-state index in [0.717, 1.165) is 0 Å². The van der Waals surface area contributed by atoms with Crippen molar-refractivity contribution in [2.75, 3.05) is 6.61 Å². The van der Waals surface area contributed by atoms with Crippen LogP contribution in [-0.4, -0.2) is 36.9 Å². The zero-order valence-electron chi connectivity index (χ0n) is 15.4. The lowest BCUT2D eigenvalue weighted by Gasteiger charge is -2.31. The first-order valence-electron chi connectivity index (χ1n) is 9.10. The van der Waals surface area contributed by atoms with E-state index in [1.165, 1.54) is 0 Å². The van der Waals surface area contributed by atoms with Crippen molar-refractivity contribution in [2.45, 2.75) is 24.7 Å². The Labute approximate surface area is 164 Å². The number of rotatable bonds is 7. The predicted molar refractivity (Wildman–Crippen MR) is 105 cm³/mol. The van der Waals surface area contributed by atoms with Crippen molar-refractivity contribution in [3.05, 3.63) is 96.6 Å². The van der Waals surface area contributed by atoms with Crippen molar-refractivity contribution >= 4 is 11.9 Å². The first kappa shape index (κ1) is 19.6. The van der Waals surface area contributed by atoms with Gasteiger partial charge in [0.2, 0.25) is 0 Å². The summed E-state index contributed by atoms with van der Waals surface area (Å²) in [7, 11) is 0. The molecule has 5 nitrogen and oxygen atoms in total. The van der Waals surface area contributed by atoms with Gasteiger partial charge in [-0.2, -0.15) is 0 Å². The van der Waals surface area contributed by atoms with Crippen LogP contribution in [0.5, 0.6) is 0 Å². The van der Waals surface area contributed by atoms with Crippen LogP contribution >= 0.6 is 0 Å². The molecule has 2 aromatic rings. The summed E-state index contributed by atoms with van der Waals surface area (Å²) in [6.45, 7) is 3.69. The van der Waals surface area contributed by atoms with Crippen LogP contribution in [0.4, 0.5) is 0 Å². The van der Waals surface area contributed by atoms with Gasteiger partial charge in [-0.1, -0.05) is 48.6 Å². The second-order valence-corrected chi connectivity index (χ2v) is 6.32. The first-order valence-corrected chi connectivity index (χ1v) is 9.10. The van der Waals surface area contributed by atoms with Gasteiger partial charge in [0.1, 0.15) is 18.8 Å². The number of esters is 2. The SMILES string of the molecule is C=CCC1C=C[C@H](OC(=O)c2ccccc2)[C@@H](COC(=O)c2ccccc2)O1. The molecule has 0 spiro atoms.